The maximum atomic E-state index is 12.2. The van der Waals surface area contributed by atoms with E-state index < -0.39 is 0 Å². The van der Waals surface area contributed by atoms with E-state index in [1.165, 1.54) is 0 Å². The van der Waals surface area contributed by atoms with Crippen molar-refractivity contribution < 1.29 is 4.79 Å². The van der Waals surface area contributed by atoms with Gasteiger partial charge in [0.1, 0.15) is 0 Å². The third kappa shape index (κ3) is 2.83. The topological polar surface area (TPSA) is 46.3 Å². The highest BCUT2D eigenvalue weighted by Gasteiger charge is 2.21. The number of anilines is 1. The summed E-state index contributed by atoms with van der Waals surface area (Å²) >= 11 is 0. The van der Waals surface area contributed by atoms with E-state index in [1.54, 1.807) is 4.90 Å². The van der Waals surface area contributed by atoms with Crippen molar-refractivity contribution in [1.82, 2.24) is 0 Å². The van der Waals surface area contributed by atoms with Crippen LogP contribution in [-0.2, 0) is 4.79 Å². The molecule has 2 N–H and O–H groups in total. The Labute approximate surface area is 97.2 Å². The van der Waals surface area contributed by atoms with Gasteiger partial charge in [-0.2, -0.15) is 0 Å². The quantitative estimate of drug-likeness (QED) is 0.825. The molecule has 1 amide bonds. The Hall–Kier alpha value is -1.35. The Morgan fingerprint density at radius 1 is 1.31 bits per heavy atom. The summed E-state index contributed by atoms with van der Waals surface area (Å²) < 4.78 is 0. The molecule has 3 nitrogen and oxygen atoms in total. The number of nitrogens with zero attached hydrogens (tertiary/aromatic N) is 1. The van der Waals surface area contributed by atoms with Crippen LogP contribution in [0.2, 0.25) is 0 Å². The number of carbonyl (C=O) groups excluding carboxylic acids is 1. The van der Waals surface area contributed by atoms with Crippen molar-refractivity contribution in [1.29, 1.82) is 0 Å². The van der Waals surface area contributed by atoms with Crippen molar-refractivity contribution in [2.24, 2.45) is 11.7 Å². The Morgan fingerprint density at radius 3 is 2.38 bits per heavy atom. The lowest BCUT2D eigenvalue weighted by atomic mass is 10.0. The summed E-state index contributed by atoms with van der Waals surface area (Å²) in [5.74, 6) is 0.0545. The highest BCUT2D eigenvalue weighted by molar-refractivity contribution is 5.95. The van der Waals surface area contributed by atoms with Gasteiger partial charge in [-0.15, -0.1) is 0 Å². The molecule has 0 saturated heterocycles. The highest BCUT2D eigenvalue weighted by atomic mass is 16.2. The summed E-state index contributed by atoms with van der Waals surface area (Å²) in [7, 11) is 0. The smallest absolute Gasteiger partial charge is 0.231 e. The van der Waals surface area contributed by atoms with Gasteiger partial charge in [-0.1, -0.05) is 25.1 Å². The van der Waals surface area contributed by atoms with Crippen LogP contribution in [0.4, 0.5) is 5.69 Å². The van der Waals surface area contributed by atoms with Crippen LogP contribution >= 0.6 is 0 Å². The fraction of sp³-hybridized carbons (Fsp3) is 0.462. The van der Waals surface area contributed by atoms with E-state index in [1.807, 2.05) is 44.2 Å². The van der Waals surface area contributed by atoms with E-state index in [9.17, 15) is 4.79 Å². The van der Waals surface area contributed by atoms with Gasteiger partial charge in [-0.05, 0) is 25.5 Å². The average molecular weight is 220 g/mol. The van der Waals surface area contributed by atoms with Crippen molar-refractivity contribution in [2.75, 3.05) is 18.0 Å². The Kier molecular flexibility index (Phi) is 4.99. The summed E-state index contributed by atoms with van der Waals surface area (Å²) in [4.78, 5) is 14.0. The van der Waals surface area contributed by atoms with Crippen molar-refractivity contribution in [2.45, 2.75) is 20.3 Å². The second-order valence-corrected chi connectivity index (χ2v) is 3.76. The van der Waals surface area contributed by atoms with Crippen LogP contribution in [0.15, 0.2) is 30.3 Å². The molecule has 0 radical (unpaired) electrons. The van der Waals surface area contributed by atoms with E-state index in [0.29, 0.717) is 13.1 Å². The van der Waals surface area contributed by atoms with E-state index in [-0.39, 0.29) is 11.8 Å². The van der Waals surface area contributed by atoms with Gasteiger partial charge >= 0.3 is 0 Å². The lowest BCUT2D eigenvalue weighted by molar-refractivity contribution is -0.122. The number of hydrogen-bond acceptors (Lipinski definition) is 2. The predicted octanol–water partition coefficient (Wildman–Crippen LogP) is 2.02. The molecule has 0 aliphatic carbocycles. The van der Waals surface area contributed by atoms with Crippen molar-refractivity contribution >= 4 is 11.6 Å². The molecular weight excluding hydrogens is 200 g/mol. The van der Waals surface area contributed by atoms with Gasteiger partial charge in [0, 0.05) is 18.8 Å². The third-order valence-corrected chi connectivity index (χ3v) is 2.78. The largest absolute Gasteiger partial charge is 0.330 e. The standard InChI is InChI=1S/C13H20N2O/c1-3-11(10-14)13(16)15(4-2)12-8-6-5-7-9-12/h5-9,11H,3-4,10,14H2,1-2H3. The fourth-order valence-corrected chi connectivity index (χ4v) is 1.74. The summed E-state index contributed by atoms with van der Waals surface area (Å²) in [6.07, 6.45) is 0.790. The molecule has 1 unspecified atom stereocenters. The van der Waals surface area contributed by atoms with E-state index in [4.69, 9.17) is 5.73 Å². The van der Waals surface area contributed by atoms with Crippen LogP contribution in [0.1, 0.15) is 20.3 Å². The second kappa shape index (κ2) is 6.28. The van der Waals surface area contributed by atoms with Gasteiger partial charge < -0.3 is 10.6 Å². The normalized spacial score (nSPS) is 12.2. The molecule has 0 heterocycles. The number of hydrogen-bond donors (Lipinski definition) is 1. The van der Waals surface area contributed by atoms with E-state index in [0.717, 1.165) is 12.1 Å². The van der Waals surface area contributed by atoms with Gasteiger partial charge in [0.2, 0.25) is 5.91 Å². The Bertz CT molecular complexity index is 320. The Morgan fingerprint density at radius 2 is 1.94 bits per heavy atom. The predicted molar refractivity (Wildman–Crippen MR) is 67.3 cm³/mol. The molecule has 1 atom stereocenters. The molecule has 16 heavy (non-hydrogen) atoms. The molecule has 0 fully saturated rings. The first-order valence-corrected chi connectivity index (χ1v) is 5.81. The number of carbonyl (C=O) groups is 1. The van der Waals surface area contributed by atoms with Crippen LogP contribution in [0, 0.1) is 5.92 Å². The molecule has 0 aliphatic rings. The molecule has 1 rings (SSSR count). The minimum atomic E-state index is -0.0693. The number of nitrogens with two attached hydrogens (primary N) is 1. The summed E-state index contributed by atoms with van der Waals surface area (Å²) in [5.41, 5.74) is 6.55. The molecule has 3 heteroatoms. The molecule has 0 aliphatic heterocycles. The number of rotatable bonds is 5. The first-order valence-electron chi connectivity index (χ1n) is 5.81. The molecule has 0 aromatic heterocycles. The molecule has 0 saturated carbocycles. The zero-order valence-electron chi connectivity index (χ0n) is 10.0. The highest BCUT2D eigenvalue weighted by Crippen LogP contribution is 2.16. The van der Waals surface area contributed by atoms with Crippen LogP contribution < -0.4 is 10.6 Å². The third-order valence-electron chi connectivity index (χ3n) is 2.78. The summed E-state index contributed by atoms with van der Waals surface area (Å²) in [6, 6.07) is 9.72. The fourth-order valence-electron chi connectivity index (χ4n) is 1.74. The van der Waals surface area contributed by atoms with Crippen LogP contribution in [-0.4, -0.2) is 19.0 Å². The van der Waals surface area contributed by atoms with Crippen LogP contribution in [0.25, 0.3) is 0 Å². The van der Waals surface area contributed by atoms with Gasteiger partial charge in [-0.25, -0.2) is 0 Å². The minimum absolute atomic E-state index is 0.0693. The van der Waals surface area contributed by atoms with Gasteiger partial charge in [0.25, 0.3) is 0 Å². The van der Waals surface area contributed by atoms with Crippen LogP contribution in [0.5, 0.6) is 0 Å². The molecule has 88 valence electrons. The SMILES string of the molecule is CCC(CN)C(=O)N(CC)c1ccccc1. The maximum Gasteiger partial charge on any atom is 0.231 e. The lowest BCUT2D eigenvalue weighted by Crippen LogP contribution is -2.38. The lowest BCUT2D eigenvalue weighted by Gasteiger charge is -2.25. The molecule has 0 spiro atoms. The van der Waals surface area contributed by atoms with Crippen LogP contribution in [0.3, 0.4) is 0 Å². The zero-order valence-corrected chi connectivity index (χ0v) is 10.0. The summed E-state index contributed by atoms with van der Waals surface area (Å²) in [6.45, 7) is 5.07. The number of amides is 1. The molecular formula is C13H20N2O. The van der Waals surface area contributed by atoms with Gasteiger partial charge in [0.15, 0.2) is 0 Å². The van der Waals surface area contributed by atoms with Gasteiger partial charge in [-0.3, -0.25) is 4.79 Å². The van der Waals surface area contributed by atoms with Crippen molar-refractivity contribution in [3.8, 4) is 0 Å². The maximum absolute atomic E-state index is 12.2. The van der Waals surface area contributed by atoms with Crippen molar-refractivity contribution in [3.63, 3.8) is 0 Å². The minimum Gasteiger partial charge on any atom is -0.330 e. The van der Waals surface area contributed by atoms with E-state index >= 15 is 0 Å². The molecule has 0 bridgehead atoms. The molecule has 1 aromatic carbocycles. The number of para-hydroxylation sites is 1. The van der Waals surface area contributed by atoms with E-state index in [2.05, 4.69) is 0 Å². The second-order valence-electron chi connectivity index (χ2n) is 3.76. The summed E-state index contributed by atoms with van der Waals surface area (Å²) in [5, 5.41) is 0. The monoisotopic (exact) mass is 220 g/mol. The van der Waals surface area contributed by atoms with Gasteiger partial charge in [0.05, 0.1) is 5.92 Å². The Balaban J connectivity index is 2.86. The first-order chi connectivity index (χ1) is 7.74. The molecule has 1 aromatic rings. The average Bonchev–Trinajstić information content (AvgIpc) is 2.33. The zero-order chi connectivity index (χ0) is 12.0. The first kappa shape index (κ1) is 12.7. The van der Waals surface area contributed by atoms with Crippen molar-refractivity contribution in [3.05, 3.63) is 30.3 Å². The number of benzene rings is 1.